The minimum Gasteiger partial charge on any atom is -0.422 e. The molecule has 0 saturated carbocycles. The molecule has 5 heteroatoms. The molecule has 1 amide bonds. The Hall–Kier alpha value is -2.53. The predicted molar refractivity (Wildman–Crippen MR) is 95.9 cm³/mol. The molecule has 1 aliphatic rings. The molecule has 0 N–H and O–H groups in total. The number of hydrogen-bond donors (Lipinski definition) is 0. The van der Waals surface area contributed by atoms with Gasteiger partial charge in [0.2, 0.25) is 0 Å². The Balaban J connectivity index is 1.84. The molecule has 1 unspecified atom stereocenters. The van der Waals surface area contributed by atoms with Crippen molar-refractivity contribution in [1.82, 2.24) is 0 Å². The van der Waals surface area contributed by atoms with Crippen molar-refractivity contribution in [3.8, 4) is 0 Å². The van der Waals surface area contributed by atoms with Crippen LogP contribution >= 0.6 is 11.8 Å². The summed E-state index contributed by atoms with van der Waals surface area (Å²) in [6.07, 6.45) is 0. The van der Waals surface area contributed by atoms with E-state index in [4.69, 9.17) is 4.42 Å². The van der Waals surface area contributed by atoms with Gasteiger partial charge in [-0.05, 0) is 31.2 Å². The molecule has 24 heavy (non-hydrogen) atoms. The first-order valence-electron chi connectivity index (χ1n) is 7.73. The summed E-state index contributed by atoms with van der Waals surface area (Å²) in [5.74, 6) is 0.483. The minimum atomic E-state index is -0.596. The molecule has 0 radical (unpaired) electrons. The molecule has 120 valence electrons. The van der Waals surface area contributed by atoms with Crippen LogP contribution in [0.2, 0.25) is 0 Å². The highest BCUT2D eigenvalue weighted by molar-refractivity contribution is 7.99. The van der Waals surface area contributed by atoms with Gasteiger partial charge in [0.05, 0.1) is 5.69 Å². The highest BCUT2D eigenvalue weighted by atomic mass is 32.2. The van der Waals surface area contributed by atoms with Gasteiger partial charge in [0.25, 0.3) is 5.91 Å². The van der Waals surface area contributed by atoms with Crippen molar-refractivity contribution in [3.05, 3.63) is 70.6 Å². The summed E-state index contributed by atoms with van der Waals surface area (Å²) in [7, 11) is 0. The van der Waals surface area contributed by atoms with Gasteiger partial charge in [-0.2, -0.15) is 0 Å². The van der Waals surface area contributed by atoms with Crippen molar-refractivity contribution in [2.24, 2.45) is 0 Å². The molecule has 1 aromatic heterocycles. The number of amides is 1. The van der Waals surface area contributed by atoms with Crippen LogP contribution in [-0.2, 0) is 0 Å². The number of para-hydroxylation sites is 2. The topological polar surface area (TPSA) is 50.5 Å². The smallest absolute Gasteiger partial charge is 0.349 e. The fraction of sp³-hybridized carbons (Fsp3) is 0.158. The normalized spacial score (nSPS) is 16.9. The number of carbonyl (C=O) groups excluding carboxylic acids is 1. The molecule has 1 atom stereocenters. The van der Waals surface area contributed by atoms with E-state index in [2.05, 4.69) is 0 Å². The number of rotatable bonds is 1. The maximum Gasteiger partial charge on any atom is 0.349 e. The van der Waals surface area contributed by atoms with E-state index in [0.29, 0.717) is 5.58 Å². The lowest BCUT2D eigenvalue weighted by molar-refractivity contribution is 0.0976. The Kier molecular flexibility index (Phi) is 3.65. The largest absolute Gasteiger partial charge is 0.422 e. The van der Waals surface area contributed by atoms with E-state index in [1.54, 1.807) is 34.9 Å². The Labute approximate surface area is 143 Å². The molecule has 2 aromatic carbocycles. The number of nitrogens with zero attached hydrogens (tertiary/aromatic N) is 1. The van der Waals surface area contributed by atoms with Crippen LogP contribution in [-0.4, -0.2) is 17.7 Å². The standard InChI is InChI=1S/C19H15NO3S/c1-12-11-24-17-9-5-3-7-15(17)20(12)18(21)14-10-13-6-2-4-8-16(13)23-19(14)22/h2-10,12H,11H2,1H3. The number of fused-ring (bicyclic) bond motifs is 2. The summed E-state index contributed by atoms with van der Waals surface area (Å²) in [5.41, 5.74) is 0.810. The molecule has 0 saturated heterocycles. The summed E-state index contributed by atoms with van der Waals surface area (Å²) < 4.78 is 5.32. The van der Waals surface area contributed by atoms with E-state index >= 15 is 0 Å². The third-order valence-corrected chi connectivity index (χ3v) is 5.44. The number of carbonyl (C=O) groups is 1. The Morgan fingerprint density at radius 3 is 2.79 bits per heavy atom. The highest BCUT2D eigenvalue weighted by Gasteiger charge is 2.31. The van der Waals surface area contributed by atoms with E-state index in [0.717, 1.165) is 21.7 Å². The van der Waals surface area contributed by atoms with E-state index in [1.165, 1.54) is 0 Å². The molecule has 3 aromatic rings. The molecular weight excluding hydrogens is 322 g/mol. The van der Waals surface area contributed by atoms with Crippen molar-refractivity contribution in [2.75, 3.05) is 10.7 Å². The molecule has 0 bridgehead atoms. The maximum atomic E-state index is 13.1. The average Bonchev–Trinajstić information content (AvgIpc) is 2.60. The minimum absolute atomic E-state index is 0.00303. The van der Waals surface area contributed by atoms with Gasteiger partial charge in [0.1, 0.15) is 11.1 Å². The molecular formula is C19H15NO3S. The van der Waals surface area contributed by atoms with Gasteiger partial charge in [-0.25, -0.2) is 4.79 Å². The number of anilines is 1. The molecule has 0 spiro atoms. The summed E-state index contributed by atoms with van der Waals surface area (Å²) in [6.45, 7) is 1.99. The number of hydrogen-bond acceptors (Lipinski definition) is 4. The average molecular weight is 337 g/mol. The third kappa shape index (κ3) is 2.41. The van der Waals surface area contributed by atoms with Crippen molar-refractivity contribution >= 4 is 34.3 Å². The SMILES string of the molecule is CC1CSc2ccccc2N1C(=O)c1cc2ccccc2oc1=O. The van der Waals surface area contributed by atoms with Crippen LogP contribution in [0.3, 0.4) is 0 Å². The van der Waals surface area contributed by atoms with Crippen molar-refractivity contribution < 1.29 is 9.21 Å². The Bertz CT molecular complexity index is 995. The van der Waals surface area contributed by atoms with Gasteiger partial charge in [-0.1, -0.05) is 30.3 Å². The van der Waals surface area contributed by atoms with Crippen molar-refractivity contribution in [2.45, 2.75) is 17.9 Å². The molecule has 4 rings (SSSR count). The van der Waals surface area contributed by atoms with Gasteiger partial charge in [0, 0.05) is 22.1 Å². The first-order chi connectivity index (χ1) is 11.6. The second kappa shape index (κ2) is 5.83. The molecule has 0 aliphatic carbocycles. The zero-order valence-corrected chi connectivity index (χ0v) is 13.9. The molecule has 1 aliphatic heterocycles. The summed E-state index contributed by atoms with van der Waals surface area (Å²) in [4.78, 5) is 28.2. The highest BCUT2D eigenvalue weighted by Crippen LogP contribution is 2.37. The number of thioether (sulfide) groups is 1. The van der Waals surface area contributed by atoms with Crippen molar-refractivity contribution in [3.63, 3.8) is 0 Å². The molecule has 2 heterocycles. The predicted octanol–water partition coefficient (Wildman–Crippen LogP) is 3.93. The van der Waals surface area contributed by atoms with Crippen LogP contribution in [0.4, 0.5) is 5.69 Å². The second-order valence-corrected chi connectivity index (χ2v) is 6.85. The van der Waals surface area contributed by atoms with Crippen LogP contribution in [0.25, 0.3) is 11.0 Å². The van der Waals surface area contributed by atoms with Gasteiger partial charge in [-0.15, -0.1) is 11.8 Å². The van der Waals surface area contributed by atoms with Crippen molar-refractivity contribution in [1.29, 1.82) is 0 Å². The summed E-state index contributed by atoms with van der Waals surface area (Å²) in [6, 6.07) is 16.6. The summed E-state index contributed by atoms with van der Waals surface area (Å²) in [5, 5.41) is 0.743. The van der Waals surface area contributed by atoms with E-state index in [9.17, 15) is 9.59 Å². The lowest BCUT2D eigenvalue weighted by Gasteiger charge is -2.34. The fourth-order valence-electron chi connectivity index (χ4n) is 2.95. The van der Waals surface area contributed by atoms with Gasteiger partial charge >= 0.3 is 5.63 Å². The zero-order chi connectivity index (χ0) is 16.7. The lowest BCUT2D eigenvalue weighted by atomic mass is 10.1. The Morgan fingerprint density at radius 2 is 1.92 bits per heavy atom. The zero-order valence-electron chi connectivity index (χ0n) is 13.1. The summed E-state index contributed by atoms with van der Waals surface area (Å²) >= 11 is 1.72. The van der Waals surface area contributed by atoms with E-state index in [1.807, 2.05) is 43.3 Å². The monoisotopic (exact) mass is 337 g/mol. The van der Waals surface area contributed by atoms with Gasteiger partial charge in [-0.3, -0.25) is 4.79 Å². The van der Waals surface area contributed by atoms with Gasteiger partial charge in [0.15, 0.2) is 0 Å². The third-order valence-electron chi connectivity index (χ3n) is 4.14. The van der Waals surface area contributed by atoms with Crippen LogP contribution in [0.1, 0.15) is 17.3 Å². The van der Waals surface area contributed by atoms with Crippen LogP contribution in [0.5, 0.6) is 0 Å². The Morgan fingerprint density at radius 1 is 1.17 bits per heavy atom. The lowest BCUT2D eigenvalue weighted by Crippen LogP contribution is -2.44. The van der Waals surface area contributed by atoms with E-state index in [-0.39, 0.29) is 17.5 Å². The van der Waals surface area contributed by atoms with Crippen LogP contribution < -0.4 is 10.5 Å². The van der Waals surface area contributed by atoms with Gasteiger partial charge < -0.3 is 9.32 Å². The first kappa shape index (κ1) is 15.0. The van der Waals surface area contributed by atoms with E-state index < -0.39 is 5.63 Å². The molecule has 4 nitrogen and oxygen atoms in total. The fourth-order valence-corrected chi connectivity index (χ4v) is 4.01. The second-order valence-electron chi connectivity index (χ2n) is 5.79. The number of benzene rings is 2. The quantitative estimate of drug-likeness (QED) is 0.631. The molecule has 0 fully saturated rings. The first-order valence-corrected chi connectivity index (χ1v) is 8.72. The van der Waals surface area contributed by atoms with Crippen LogP contribution in [0.15, 0.2) is 68.7 Å². The maximum absolute atomic E-state index is 13.1. The van der Waals surface area contributed by atoms with Crippen LogP contribution in [0, 0.1) is 0 Å².